The van der Waals surface area contributed by atoms with Crippen molar-refractivity contribution < 1.29 is 34.2 Å². The van der Waals surface area contributed by atoms with E-state index >= 15 is 0 Å². The Morgan fingerprint density at radius 1 is 1.10 bits per heavy atom. The molecule has 5 rings (SSSR count). The molecule has 0 spiro atoms. The molecule has 210 valence electrons. The van der Waals surface area contributed by atoms with E-state index in [4.69, 9.17) is 5.73 Å². The number of phenols is 1. The second kappa shape index (κ2) is 10.3. The maximum atomic E-state index is 13.9. The summed E-state index contributed by atoms with van der Waals surface area (Å²) in [5.74, 6) is -10.1. The molecule has 10 nitrogen and oxygen atoms in total. The number of ketones is 4. The molecule has 3 aliphatic rings. The Kier molecular flexibility index (Phi) is 7.09. The number of carbonyl (C=O) groups excluding carboxylic acids is 5. The van der Waals surface area contributed by atoms with Crippen LogP contribution in [0.3, 0.4) is 0 Å². The van der Waals surface area contributed by atoms with Crippen LogP contribution < -0.4 is 16.0 Å². The van der Waals surface area contributed by atoms with Crippen LogP contribution in [0.2, 0.25) is 0 Å². The van der Waals surface area contributed by atoms with Crippen molar-refractivity contribution in [2.75, 3.05) is 25.5 Å². The molecule has 0 heterocycles. The van der Waals surface area contributed by atoms with Gasteiger partial charge in [-0.15, -0.1) is 0 Å². The number of nitrogens with zero attached hydrogens (tertiary/aromatic N) is 1. The summed E-state index contributed by atoms with van der Waals surface area (Å²) in [7, 11) is 3.64. The van der Waals surface area contributed by atoms with Crippen molar-refractivity contribution in [2.45, 2.75) is 37.8 Å². The SMILES string of the molecule is CN(C)c1cc(CNCCc2ccccc2)c(O)c2c1C[C@H]1C[C@H]3CC(=O)C(C(N)=O)C(=O)[C@@]3(O)C(=O)C1C2=O. The number of fused-ring (bicyclic) bond motifs is 3. The van der Waals surface area contributed by atoms with Gasteiger partial charge < -0.3 is 26.2 Å². The Morgan fingerprint density at radius 3 is 2.45 bits per heavy atom. The number of carbonyl (C=O) groups is 5. The molecular weight excluding hydrogens is 514 g/mol. The van der Waals surface area contributed by atoms with Gasteiger partial charge in [-0.1, -0.05) is 30.3 Å². The average molecular weight is 548 g/mol. The molecule has 5 N–H and O–H groups in total. The van der Waals surface area contributed by atoms with Crippen molar-refractivity contribution >= 4 is 34.7 Å². The molecule has 10 heteroatoms. The number of phenolic OH excluding ortho intramolecular Hbond substituents is 1. The molecule has 2 unspecified atom stereocenters. The number of aliphatic hydroxyl groups is 1. The van der Waals surface area contributed by atoms with Gasteiger partial charge in [0.05, 0.1) is 11.5 Å². The Morgan fingerprint density at radius 2 is 1.80 bits per heavy atom. The van der Waals surface area contributed by atoms with Crippen molar-refractivity contribution in [1.82, 2.24) is 5.32 Å². The third kappa shape index (κ3) is 4.31. The van der Waals surface area contributed by atoms with Crippen LogP contribution in [0.25, 0.3) is 0 Å². The Bertz CT molecular complexity index is 1420. The number of amides is 1. The number of hydrogen-bond donors (Lipinski definition) is 4. The molecule has 3 aliphatic carbocycles. The summed E-state index contributed by atoms with van der Waals surface area (Å²) in [5.41, 5.74) is 5.55. The monoisotopic (exact) mass is 547 g/mol. The van der Waals surface area contributed by atoms with Gasteiger partial charge in [-0.2, -0.15) is 0 Å². The first-order valence-corrected chi connectivity index (χ1v) is 13.4. The fourth-order valence-electron chi connectivity index (χ4n) is 6.70. The fourth-order valence-corrected chi connectivity index (χ4v) is 6.70. The van der Waals surface area contributed by atoms with Crippen LogP contribution in [0.15, 0.2) is 36.4 Å². The predicted octanol–water partition coefficient (Wildman–Crippen LogP) is 0.725. The molecule has 0 aliphatic heterocycles. The second-order valence-electron chi connectivity index (χ2n) is 11.3. The number of aromatic hydroxyl groups is 1. The van der Waals surface area contributed by atoms with Crippen LogP contribution in [0, 0.1) is 23.7 Å². The molecule has 40 heavy (non-hydrogen) atoms. The summed E-state index contributed by atoms with van der Waals surface area (Å²) in [6.45, 7) is 0.903. The first kappa shape index (κ1) is 27.7. The van der Waals surface area contributed by atoms with Crippen molar-refractivity contribution in [1.29, 1.82) is 0 Å². The molecule has 2 saturated carbocycles. The highest BCUT2D eigenvalue weighted by molar-refractivity contribution is 6.31. The van der Waals surface area contributed by atoms with E-state index in [0.29, 0.717) is 17.7 Å². The number of Topliss-reactive ketones (excluding diaryl/α,β-unsaturated/α-hetero) is 4. The quantitative estimate of drug-likeness (QED) is 0.288. The van der Waals surface area contributed by atoms with E-state index in [9.17, 15) is 34.2 Å². The van der Waals surface area contributed by atoms with E-state index in [2.05, 4.69) is 5.32 Å². The van der Waals surface area contributed by atoms with Crippen LogP contribution >= 0.6 is 0 Å². The lowest BCUT2D eigenvalue weighted by Crippen LogP contribution is -2.68. The van der Waals surface area contributed by atoms with E-state index in [0.717, 1.165) is 17.7 Å². The molecule has 5 atom stereocenters. The van der Waals surface area contributed by atoms with Crippen LogP contribution in [-0.4, -0.2) is 65.5 Å². The number of benzene rings is 2. The number of nitrogens with one attached hydrogen (secondary N) is 1. The average Bonchev–Trinajstić information content (AvgIpc) is 2.90. The lowest BCUT2D eigenvalue weighted by atomic mass is 9.53. The number of primary amides is 1. The fraction of sp³-hybridized carbons (Fsp3) is 0.433. The molecular formula is C30H33N3O7. The smallest absolute Gasteiger partial charge is 0.235 e. The van der Waals surface area contributed by atoms with Gasteiger partial charge in [0.15, 0.2) is 34.7 Å². The van der Waals surface area contributed by atoms with E-state index < -0.39 is 58.3 Å². The largest absolute Gasteiger partial charge is 0.507 e. The minimum atomic E-state index is -2.65. The van der Waals surface area contributed by atoms with Gasteiger partial charge in [0.25, 0.3) is 0 Å². The first-order chi connectivity index (χ1) is 19.0. The first-order valence-electron chi connectivity index (χ1n) is 13.4. The zero-order valence-electron chi connectivity index (χ0n) is 22.5. The van der Waals surface area contributed by atoms with Gasteiger partial charge in [-0.25, -0.2) is 0 Å². The van der Waals surface area contributed by atoms with Crippen LogP contribution in [0.5, 0.6) is 5.75 Å². The highest BCUT2D eigenvalue weighted by Crippen LogP contribution is 2.51. The maximum absolute atomic E-state index is 13.9. The zero-order valence-corrected chi connectivity index (χ0v) is 22.5. The number of nitrogens with two attached hydrogens (primary N) is 1. The number of hydrogen-bond acceptors (Lipinski definition) is 9. The Labute approximate surface area is 231 Å². The van der Waals surface area contributed by atoms with Gasteiger partial charge in [-0.3, -0.25) is 24.0 Å². The summed E-state index contributed by atoms with van der Waals surface area (Å²) in [6, 6.07) is 11.7. The van der Waals surface area contributed by atoms with E-state index in [1.54, 1.807) is 0 Å². The topological polar surface area (TPSA) is 167 Å². The van der Waals surface area contributed by atoms with Gasteiger partial charge in [0.1, 0.15) is 5.75 Å². The molecule has 2 fully saturated rings. The molecule has 0 bridgehead atoms. The van der Waals surface area contributed by atoms with Gasteiger partial charge >= 0.3 is 0 Å². The lowest BCUT2D eigenvalue weighted by Gasteiger charge is -2.48. The summed E-state index contributed by atoms with van der Waals surface area (Å²) >= 11 is 0. The normalized spacial score (nSPS) is 27.6. The Hall–Kier alpha value is -3.89. The maximum Gasteiger partial charge on any atom is 0.235 e. The highest BCUT2D eigenvalue weighted by atomic mass is 16.3. The second-order valence-corrected chi connectivity index (χ2v) is 11.3. The van der Waals surface area contributed by atoms with Gasteiger partial charge in [-0.05, 0) is 48.9 Å². The lowest BCUT2D eigenvalue weighted by molar-refractivity contribution is -0.175. The van der Waals surface area contributed by atoms with E-state index in [-0.39, 0.29) is 37.1 Å². The van der Waals surface area contributed by atoms with Crippen molar-refractivity contribution in [3.05, 3.63) is 58.7 Å². The van der Waals surface area contributed by atoms with Crippen molar-refractivity contribution in [2.24, 2.45) is 29.4 Å². The van der Waals surface area contributed by atoms with Crippen LogP contribution in [0.4, 0.5) is 5.69 Å². The molecule has 0 saturated heterocycles. The minimum Gasteiger partial charge on any atom is -0.507 e. The summed E-state index contributed by atoms with van der Waals surface area (Å²) in [5, 5.41) is 26.0. The summed E-state index contributed by atoms with van der Waals surface area (Å²) in [4.78, 5) is 67.0. The van der Waals surface area contributed by atoms with Crippen molar-refractivity contribution in [3.63, 3.8) is 0 Å². The third-order valence-electron chi connectivity index (χ3n) is 8.69. The van der Waals surface area contributed by atoms with Crippen LogP contribution in [-0.2, 0) is 38.6 Å². The molecule has 2 aromatic carbocycles. The summed E-state index contributed by atoms with van der Waals surface area (Å²) in [6.07, 6.45) is 0.726. The summed E-state index contributed by atoms with van der Waals surface area (Å²) < 4.78 is 0. The standard InChI is InChI=1S/C30H33N3O7/c1-33(2)20-12-17(14-32-9-8-15-6-4-3-5-7-15)25(35)23-19(20)11-16-10-18-13-21(34)24(29(31)39)28(38)30(18,40)27(37)22(16)26(23)36/h3-7,12,16,18,22,24,32,35,40H,8-11,13-14H2,1-2H3,(H2,31,39)/t16-,18+,22?,24?,30+/m1/s1. The van der Waals surface area contributed by atoms with Gasteiger partial charge in [0, 0.05) is 44.2 Å². The molecule has 0 aromatic heterocycles. The van der Waals surface area contributed by atoms with Crippen molar-refractivity contribution in [3.8, 4) is 5.75 Å². The molecule has 2 aromatic rings. The van der Waals surface area contributed by atoms with Gasteiger partial charge in [0.2, 0.25) is 5.91 Å². The molecule has 0 radical (unpaired) electrons. The predicted molar refractivity (Wildman–Crippen MR) is 145 cm³/mol. The number of rotatable bonds is 7. The van der Waals surface area contributed by atoms with E-state index in [1.165, 1.54) is 0 Å². The number of anilines is 1. The zero-order chi connectivity index (χ0) is 28.9. The Balaban J connectivity index is 1.47. The van der Waals surface area contributed by atoms with Crippen LogP contribution in [0.1, 0.15) is 39.9 Å². The third-order valence-corrected chi connectivity index (χ3v) is 8.69. The highest BCUT2D eigenvalue weighted by Gasteiger charge is 2.66. The molecule has 1 amide bonds. The van der Waals surface area contributed by atoms with E-state index in [1.807, 2.05) is 55.4 Å². The minimum absolute atomic E-state index is 0.00787.